The number of hydrogen-bond donors (Lipinski definition) is 3. The Bertz CT molecular complexity index is 1150. The first-order chi connectivity index (χ1) is 22.7. The van der Waals surface area contributed by atoms with Crippen LogP contribution in [-0.4, -0.2) is 44.9 Å². The molecule has 0 aliphatic heterocycles. The van der Waals surface area contributed by atoms with Crippen LogP contribution in [0, 0.1) is 17.8 Å². The van der Waals surface area contributed by atoms with E-state index in [0.29, 0.717) is 12.8 Å². The fraction of sp³-hybridized carbons (Fsp3) is 0.550. The second kappa shape index (κ2) is 26.5. The van der Waals surface area contributed by atoms with Gasteiger partial charge >= 0.3 is 11.9 Å². The molecule has 2 rings (SSSR count). The molecule has 7 nitrogen and oxygen atoms in total. The SMILES string of the molecule is CCCCC/C=C/C=C1/C(=O)C=C[C@@H]1C/C=C\CCCC(=O)O.CCCCC[C@H](O)/C=C/[C@H]1C(=O)C=C[C@@H]1C/C=C\CCCC(=O)O. The maximum absolute atomic E-state index is 12.0. The van der Waals surface area contributed by atoms with E-state index in [4.69, 9.17) is 10.2 Å². The molecule has 47 heavy (non-hydrogen) atoms. The molecule has 2 aliphatic rings. The van der Waals surface area contributed by atoms with Crippen molar-refractivity contribution in [3.8, 4) is 0 Å². The quantitative estimate of drug-likeness (QED) is 0.0571. The van der Waals surface area contributed by atoms with Gasteiger partial charge in [-0.3, -0.25) is 19.2 Å². The lowest BCUT2D eigenvalue weighted by atomic mass is 9.90. The summed E-state index contributed by atoms with van der Waals surface area (Å²) in [4.78, 5) is 44.7. The number of aliphatic hydroxyl groups is 1. The van der Waals surface area contributed by atoms with E-state index in [1.54, 1.807) is 18.2 Å². The molecule has 0 bridgehead atoms. The molecule has 0 amide bonds. The summed E-state index contributed by atoms with van der Waals surface area (Å²) in [6.07, 6.45) is 37.9. The van der Waals surface area contributed by atoms with E-state index in [2.05, 4.69) is 19.9 Å². The number of carboxylic acid groups (broad SMARTS) is 2. The normalized spacial score (nSPS) is 20.8. The van der Waals surface area contributed by atoms with Crippen molar-refractivity contribution in [3.63, 3.8) is 0 Å². The number of carbonyl (C=O) groups is 4. The first-order valence-electron chi connectivity index (χ1n) is 17.6. The zero-order valence-electron chi connectivity index (χ0n) is 28.6. The molecule has 3 N–H and O–H groups in total. The summed E-state index contributed by atoms with van der Waals surface area (Å²) in [5, 5.41) is 27.1. The maximum atomic E-state index is 12.0. The van der Waals surface area contributed by atoms with Gasteiger partial charge in [0.1, 0.15) is 0 Å². The van der Waals surface area contributed by atoms with E-state index in [-0.39, 0.29) is 42.2 Å². The van der Waals surface area contributed by atoms with Gasteiger partial charge in [0, 0.05) is 30.3 Å². The molecule has 0 fully saturated rings. The molecule has 0 unspecified atom stereocenters. The van der Waals surface area contributed by atoms with Crippen LogP contribution in [0.4, 0.5) is 0 Å². The Labute approximate surface area is 282 Å². The van der Waals surface area contributed by atoms with Gasteiger partial charge < -0.3 is 15.3 Å². The summed E-state index contributed by atoms with van der Waals surface area (Å²) in [7, 11) is 0. The third kappa shape index (κ3) is 20.3. The minimum Gasteiger partial charge on any atom is -0.481 e. The number of aliphatic hydroxyl groups excluding tert-OH is 1. The summed E-state index contributed by atoms with van der Waals surface area (Å²) in [6.45, 7) is 4.32. The Hall–Kier alpha value is -3.58. The fourth-order valence-electron chi connectivity index (χ4n) is 5.32. The summed E-state index contributed by atoms with van der Waals surface area (Å²) in [5.74, 6) is -1.22. The molecule has 0 aromatic heterocycles. The van der Waals surface area contributed by atoms with Gasteiger partial charge in [-0.25, -0.2) is 0 Å². The lowest BCUT2D eigenvalue weighted by Gasteiger charge is -2.13. The van der Waals surface area contributed by atoms with Gasteiger partial charge in [-0.05, 0) is 75.9 Å². The highest BCUT2D eigenvalue weighted by Crippen LogP contribution is 2.28. The fourth-order valence-corrected chi connectivity index (χ4v) is 5.32. The molecule has 0 saturated carbocycles. The number of carbonyl (C=O) groups excluding carboxylic acids is 2. The number of allylic oxidation sites excluding steroid dienone is 13. The minimum absolute atomic E-state index is 0.0938. The van der Waals surface area contributed by atoms with Crippen LogP contribution in [0.2, 0.25) is 0 Å². The first-order valence-corrected chi connectivity index (χ1v) is 17.6. The number of hydrogen-bond acceptors (Lipinski definition) is 5. The molecule has 4 atom stereocenters. The molecule has 0 aromatic carbocycles. The number of rotatable bonds is 23. The second-order valence-corrected chi connectivity index (χ2v) is 12.3. The van der Waals surface area contributed by atoms with E-state index in [0.717, 1.165) is 63.4 Å². The molecular weight excluding hydrogens is 592 g/mol. The first kappa shape index (κ1) is 41.4. The van der Waals surface area contributed by atoms with E-state index in [1.807, 2.05) is 54.7 Å². The number of aliphatic carboxylic acids is 2. The Balaban J connectivity index is 0.000000470. The predicted molar refractivity (Wildman–Crippen MR) is 190 cm³/mol. The van der Waals surface area contributed by atoms with Gasteiger partial charge in [-0.15, -0.1) is 0 Å². The summed E-state index contributed by atoms with van der Waals surface area (Å²) >= 11 is 0. The molecule has 2 aliphatic carbocycles. The Morgan fingerprint density at radius 3 is 2.02 bits per heavy atom. The summed E-state index contributed by atoms with van der Waals surface area (Å²) in [6, 6.07) is 0. The molecule has 0 heterocycles. The number of unbranched alkanes of at least 4 members (excludes halogenated alkanes) is 7. The monoisotopic (exact) mass is 650 g/mol. The van der Waals surface area contributed by atoms with Crippen LogP contribution >= 0.6 is 0 Å². The third-order valence-electron chi connectivity index (χ3n) is 8.15. The van der Waals surface area contributed by atoms with Crippen LogP contribution in [0.5, 0.6) is 0 Å². The highest BCUT2D eigenvalue weighted by Gasteiger charge is 2.27. The van der Waals surface area contributed by atoms with Crippen molar-refractivity contribution in [1.29, 1.82) is 0 Å². The van der Waals surface area contributed by atoms with Gasteiger partial charge in [0.2, 0.25) is 0 Å². The smallest absolute Gasteiger partial charge is 0.303 e. The average molecular weight is 651 g/mol. The van der Waals surface area contributed by atoms with Crippen molar-refractivity contribution < 1.29 is 34.5 Å². The van der Waals surface area contributed by atoms with Crippen molar-refractivity contribution in [1.82, 2.24) is 0 Å². The largest absolute Gasteiger partial charge is 0.481 e. The van der Waals surface area contributed by atoms with Crippen molar-refractivity contribution in [3.05, 3.63) is 84.6 Å². The molecule has 7 heteroatoms. The predicted octanol–water partition coefficient (Wildman–Crippen LogP) is 9.06. The summed E-state index contributed by atoms with van der Waals surface area (Å²) in [5.41, 5.74) is 0.854. The zero-order valence-corrected chi connectivity index (χ0v) is 28.6. The van der Waals surface area contributed by atoms with E-state index >= 15 is 0 Å². The molecule has 0 radical (unpaired) electrons. The zero-order chi connectivity index (χ0) is 34.7. The van der Waals surface area contributed by atoms with Gasteiger partial charge in [0.05, 0.1) is 6.10 Å². The van der Waals surface area contributed by atoms with Crippen LogP contribution in [0.3, 0.4) is 0 Å². The highest BCUT2D eigenvalue weighted by atomic mass is 16.4. The molecule has 0 aromatic rings. The topological polar surface area (TPSA) is 129 Å². The Kier molecular flexibility index (Phi) is 23.4. The van der Waals surface area contributed by atoms with Gasteiger partial charge in [0.15, 0.2) is 11.6 Å². The molecule has 0 spiro atoms. The maximum Gasteiger partial charge on any atom is 0.303 e. The minimum atomic E-state index is -0.768. The average Bonchev–Trinajstić information content (AvgIpc) is 3.57. The van der Waals surface area contributed by atoms with Crippen LogP contribution < -0.4 is 0 Å². The second-order valence-electron chi connectivity index (χ2n) is 12.3. The van der Waals surface area contributed by atoms with Crippen molar-refractivity contribution in [2.45, 2.75) is 123 Å². The third-order valence-corrected chi connectivity index (χ3v) is 8.15. The van der Waals surface area contributed by atoms with Crippen LogP contribution in [-0.2, 0) is 19.2 Å². The number of carboxylic acids is 2. The molecule has 260 valence electrons. The van der Waals surface area contributed by atoms with E-state index < -0.39 is 18.0 Å². The summed E-state index contributed by atoms with van der Waals surface area (Å²) < 4.78 is 0. The number of ketones is 2. The van der Waals surface area contributed by atoms with Crippen LogP contribution in [0.15, 0.2) is 84.6 Å². The van der Waals surface area contributed by atoms with Crippen molar-refractivity contribution in [2.75, 3.05) is 0 Å². The van der Waals surface area contributed by atoms with E-state index in [1.165, 1.54) is 19.3 Å². The van der Waals surface area contributed by atoms with Crippen LogP contribution in [0.1, 0.15) is 117 Å². The lowest BCUT2D eigenvalue weighted by Crippen LogP contribution is -2.14. The van der Waals surface area contributed by atoms with Gasteiger partial charge in [-0.2, -0.15) is 0 Å². The van der Waals surface area contributed by atoms with Crippen LogP contribution in [0.25, 0.3) is 0 Å². The van der Waals surface area contributed by atoms with Crippen molar-refractivity contribution >= 4 is 23.5 Å². The van der Waals surface area contributed by atoms with Crippen molar-refractivity contribution in [2.24, 2.45) is 17.8 Å². The Morgan fingerprint density at radius 2 is 1.38 bits per heavy atom. The molecular formula is C40H58O7. The van der Waals surface area contributed by atoms with E-state index in [9.17, 15) is 24.3 Å². The Morgan fingerprint density at radius 1 is 0.766 bits per heavy atom. The molecule has 0 saturated heterocycles. The highest BCUT2D eigenvalue weighted by molar-refractivity contribution is 6.07. The lowest BCUT2D eigenvalue weighted by molar-refractivity contribution is -0.138. The standard InChI is InChI=1S/C20H30O4.C20H28O3/c1-2-3-6-10-17(21)13-14-18-16(12-15-19(18)22)9-7-4-5-8-11-20(23)24;1-2-3-4-5-6-10-13-18-17(15-16-19(18)21)12-9-7-8-11-14-20(22)23/h4,7,12-18,21H,2-3,5-6,8-11H2,1H3,(H,23,24);6-7,9-10,13,15-17H,2-5,8,11-12,14H2,1H3,(H,22,23)/b7-4-,14-13+;9-7-,10-6+,18-13+/t16-,17-,18+;17-/m00/s1. The van der Waals surface area contributed by atoms with Gasteiger partial charge in [-0.1, -0.05) is 113 Å². The van der Waals surface area contributed by atoms with Gasteiger partial charge in [0.25, 0.3) is 0 Å².